The highest BCUT2D eigenvalue weighted by Gasteiger charge is 2.48. The predicted octanol–water partition coefficient (Wildman–Crippen LogP) is 3.45. The number of anilines is 1. The Bertz CT molecular complexity index is 1260. The Morgan fingerprint density at radius 3 is 2.49 bits per heavy atom. The summed E-state index contributed by atoms with van der Waals surface area (Å²) in [4.78, 5) is 30.6. The number of carbonyl (C=O) groups excluding carboxylic acids is 2. The average Bonchev–Trinajstić information content (AvgIpc) is 3.21. The van der Waals surface area contributed by atoms with Crippen molar-refractivity contribution in [2.24, 2.45) is 10.9 Å². The fourth-order valence-electron chi connectivity index (χ4n) is 5.20. The molecule has 0 radical (unpaired) electrons. The number of likely N-dealkylation sites (N-methyl/N-ethyl adjacent to an activating group) is 1. The van der Waals surface area contributed by atoms with E-state index in [1.165, 1.54) is 35.8 Å². The topological polar surface area (TPSA) is 111 Å². The Morgan fingerprint density at radius 2 is 1.87 bits per heavy atom. The fraction of sp³-hybridized carbons (Fsp3) is 0.577. The molecule has 4 rings (SSSR count). The van der Waals surface area contributed by atoms with Crippen molar-refractivity contribution in [1.29, 1.82) is 0 Å². The number of alkyl halides is 3. The van der Waals surface area contributed by atoms with Gasteiger partial charge in [0.15, 0.2) is 0 Å². The summed E-state index contributed by atoms with van der Waals surface area (Å²) in [5, 5.41) is 6.35. The molecular formula is C26H34F3N5O4S. The quantitative estimate of drug-likeness (QED) is 0.523. The number of amidine groups is 1. The van der Waals surface area contributed by atoms with Crippen LogP contribution in [-0.2, 0) is 25.8 Å². The van der Waals surface area contributed by atoms with Crippen molar-refractivity contribution in [2.45, 2.75) is 56.7 Å². The summed E-state index contributed by atoms with van der Waals surface area (Å²) in [6.07, 6.45) is 1.92. The van der Waals surface area contributed by atoms with Gasteiger partial charge in [-0.05, 0) is 49.5 Å². The van der Waals surface area contributed by atoms with Crippen molar-refractivity contribution in [2.75, 3.05) is 39.0 Å². The number of carbonyl (C=O) groups is 2. The van der Waals surface area contributed by atoms with E-state index < -0.39 is 27.3 Å². The number of rotatable bonds is 7. The maximum atomic E-state index is 13.8. The van der Waals surface area contributed by atoms with Gasteiger partial charge >= 0.3 is 6.18 Å². The zero-order valence-electron chi connectivity index (χ0n) is 22.1. The first kappa shape index (κ1) is 29.1. The van der Waals surface area contributed by atoms with E-state index in [1.807, 2.05) is 0 Å². The lowest BCUT2D eigenvalue weighted by atomic mass is 9.88. The second kappa shape index (κ2) is 11.3. The van der Waals surface area contributed by atoms with E-state index in [1.54, 1.807) is 0 Å². The Kier molecular flexibility index (Phi) is 8.41. The smallest absolute Gasteiger partial charge is 0.376 e. The van der Waals surface area contributed by atoms with Crippen molar-refractivity contribution in [3.63, 3.8) is 0 Å². The summed E-state index contributed by atoms with van der Waals surface area (Å²) < 4.78 is 68.4. The lowest BCUT2D eigenvalue weighted by Crippen LogP contribution is -2.50. The monoisotopic (exact) mass is 569 g/mol. The molecule has 3 aliphatic rings. The summed E-state index contributed by atoms with van der Waals surface area (Å²) in [6.45, 7) is -0.110. The summed E-state index contributed by atoms with van der Waals surface area (Å²) >= 11 is 0. The van der Waals surface area contributed by atoms with Crippen LogP contribution in [0.3, 0.4) is 0 Å². The van der Waals surface area contributed by atoms with Crippen LogP contribution in [0.25, 0.3) is 6.08 Å². The van der Waals surface area contributed by atoms with Crippen LogP contribution in [0, 0.1) is 5.92 Å². The normalized spacial score (nSPS) is 20.7. The number of piperidine rings is 1. The number of aliphatic imine (C=N–C) groups is 1. The minimum Gasteiger partial charge on any atom is -0.376 e. The summed E-state index contributed by atoms with van der Waals surface area (Å²) in [5.41, 5.74) is -2.24. The third-order valence-corrected chi connectivity index (χ3v) is 9.19. The van der Waals surface area contributed by atoms with E-state index >= 15 is 0 Å². The molecule has 1 aliphatic carbocycles. The molecular weight excluding hydrogens is 535 g/mol. The van der Waals surface area contributed by atoms with Crippen molar-refractivity contribution < 1.29 is 31.2 Å². The zero-order valence-corrected chi connectivity index (χ0v) is 22.9. The molecule has 1 aromatic rings. The fourth-order valence-corrected chi connectivity index (χ4v) is 6.38. The predicted molar refractivity (Wildman–Crippen MR) is 142 cm³/mol. The van der Waals surface area contributed by atoms with Crippen LogP contribution in [0.1, 0.15) is 56.1 Å². The molecule has 2 heterocycles. The Balaban J connectivity index is 1.45. The van der Waals surface area contributed by atoms with Crippen LogP contribution in [0.2, 0.25) is 0 Å². The zero-order chi connectivity index (χ0) is 28.4. The highest BCUT2D eigenvalue weighted by molar-refractivity contribution is 7.92. The van der Waals surface area contributed by atoms with Gasteiger partial charge in [0.2, 0.25) is 15.9 Å². The third-order valence-electron chi connectivity index (χ3n) is 7.62. The lowest BCUT2D eigenvalue weighted by Gasteiger charge is -2.34. The maximum absolute atomic E-state index is 13.8. The van der Waals surface area contributed by atoms with E-state index in [9.17, 15) is 31.2 Å². The van der Waals surface area contributed by atoms with Crippen LogP contribution >= 0.6 is 0 Å². The Labute approximate surface area is 226 Å². The summed E-state index contributed by atoms with van der Waals surface area (Å²) in [6, 6.07) is 3.36. The van der Waals surface area contributed by atoms with Gasteiger partial charge in [0.1, 0.15) is 11.4 Å². The van der Waals surface area contributed by atoms with Crippen LogP contribution in [0.15, 0.2) is 28.6 Å². The molecule has 2 amide bonds. The van der Waals surface area contributed by atoms with E-state index in [2.05, 4.69) is 10.6 Å². The molecule has 2 fully saturated rings. The number of nitrogens with zero attached hydrogens (tertiary/aromatic N) is 3. The van der Waals surface area contributed by atoms with Gasteiger partial charge in [0.25, 0.3) is 5.91 Å². The second-order valence-corrected chi connectivity index (χ2v) is 12.3. The standard InChI is InChI=1S/C26H34F3N5O4S/c1-33(2)22(35)17-30-20-9-8-18(21(16-20)26(27,28)29)10-15-39(37,38)34-13-11-25(12-14-34)24(36)31-23(32-25)19-6-4-3-5-7-19/h8-10,15-16,19,30H,3-7,11-14,17H2,1-2H3,(H,31,32,36)/b15-10+. The van der Waals surface area contributed by atoms with Crippen molar-refractivity contribution in [3.05, 3.63) is 34.7 Å². The number of hydrogen-bond acceptors (Lipinski definition) is 6. The van der Waals surface area contributed by atoms with Gasteiger partial charge in [0.05, 0.1) is 12.1 Å². The molecule has 39 heavy (non-hydrogen) atoms. The largest absolute Gasteiger partial charge is 0.417 e. The van der Waals surface area contributed by atoms with Crippen LogP contribution in [-0.4, -0.2) is 74.5 Å². The first-order valence-corrected chi connectivity index (χ1v) is 14.6. The minimum atomic E-state index is -4.74. The highest BCUT2D eigenvalue weighted by Crippen LogP contribution is 2.36. The molecule has 2 aliphatic heterocycles. The molecule has 2 N–H and O–H groups in total. The van der Waals surface area contributed by atoms with Gasteiger partial charge in [-0.1, -0.05) is 25.3 Å². The van der Waals surface area contributed by atoms with E-state index in [0.29, 0.717) is 5.84 Å². The number of sulfonamides is 1. The van der Waals surface area contributed by atoms with Gasteiger partial charge in [-0.2, -0.15) is 17.5 Å². The van der Waals surface area contributed by atoms with Crippen molar-refractivity contribution in [1.82, 2.24) is 14.5 Å². The lowest BCUT2D eigenvalue weighted by molar-refractivity contribution is -0.137. The molecule has 1 aromatic carbocycles. The molecule has 1 saturated heterocycles. The third kappa shape index (κ3) is 6.63. The minimum absolute atomic E-state index is 0.0381. The van der Waals surface area contributed by atoms with Crippen LogP contribution in [0.4, 0.5) is 18.9 Å². The van der Waals surface area contributed by atoms with Gasteiger partial charge < -0.3 is 15.5 Å². The average molecular weight is 570 g/mol. The SMILES string of the molecule is CN(C)C(=O)CNc1ccc(/C=C/S(=O)(=O)N2CCC3(CC2)N=C(C2CCCCC2)NC3=O)c(C(F)(F)F)c1. The highest BCUT2D eigenvalue weighted by atomic mass is 32.2. The molecule has 0 aromatic heterocycles. The van der Waals surface area contributed by atoms with Gasteiger partial charge in [-0.25, -0.2) is 8.42 Å². The second-order valence-electron chi connectivity index (χ2n) is 10.5. The maximum Gasteiger partial charge on any atom is 0.417 e. The number of amides is 2. The molecule has 1 spiro atoms. The summed E-state index contributed by atoms with van der Waals surface area (Å²) in [5.74, 6) is 0.420. The molecule has 214 valence electrons. The first-order chi connectivity index (χ1) is 18.3. The molecule has 9 nitrogen and oxygen atoms in total. The molecule has 0 bridgehead atoms. The molecule has 0 unspecified atom stereocenters. The van der Waals surface area contributed by atoms with Crippen LogP contribution in [0.5, 0.6) is 0 Å². The Morgan fingerprint density at radius 1 is 1.21 bits per heavy atom. The van der Waals surface area contributed by atoms with Crippen molar-refractivity contribution in [3.8, 4) is 0 Å². The van der Waals surface area contributed by atoms with E-state index in [0.717, 1.165) is 49.3 Å². The van der Waals surface area contributed by atoms with E-state index in [4.69, 9.17) is 4.99 Å². The van der Waals surface area contributed by atoms with Gasteiger partial charge in [-0.15, -0.1) is 0 Å². The number of halogens is 3. The Hall–Kier alpha value is -2.93. The molecule has 1 saturated carbocycles. The van der Waals surface area contributed by atoms with Crippen molar-refractivity contribution >= 4 is 39.4 Å². The van der Waals surface area contributed by atoms with Gasteiger partial charge in [-0.3, -0.25) is 14.6 Å². The number of benzene rings is 1. The number of hydrogen-bond donors (Lipinski definition) is 2. The summed E-state index contributed by atoms with van der Waals surface area (Å²) in [7, 11) is -0.975. The molecule has 0 atom stereocenters. The first-order valence-electron chi connectivity index (χ1n) is 13.1. The van der Waals surface area contributed by atoms with Crippen LogP contribution < -0.4 is 10.6 Å². The van der Waals surface area contributed by atoms with E-state index in [-0.39, 0.29) is 61.5 Å². The van der Waals surface area contributed by atoms with Gasteiger partial charge in [0, 0.05) is 44.2 Å². The number of nitrogens with one attached hydrogen (secondary N) is 2. The molecule has 13 heteroatoms.